The van der Waals surface area contributed by atoms with Crippen molar-refractivity contribution in [3.63, 3.8) is 0 Å². The second kappa shape index (κ2) is 10.8. The van der Waals surface area contributed by atoms with Gasteiger partial charge in [0.05, 0.1) is 14.2 Å². The quantitative estimate of drug-likeness (QED) is 0.628. The van der Waals surface area contributed by atoms with Crippen LogP contribution in [0.2, 0.25) is 0 Å². The zero-order valence-electron chi connectivity index (χ0n) is 19.2. The summed E-state index contributed by atoms with van der Waals surface area (Å²) in [4.78, 5) is 18.1. The van der Waals surface area contributed by atoms with Crippen LogP contribution in [0.25, 0.3) is 0 Å². The van der Waals surface area contributed by atoms with E-state index in [1.54, 1.807) is 32.4 Å². The van der Waals surface area contributed by atoms with Gasteiger partial charge in [0.15, 0.2) is 0 Å². The molecule has 0 radical (unpaired) electrons. The molecule has 2 aliphatic rings. The van der Waals surface area contributed by atoms with Crippen molar-refractivity contribution >= 4 is 5.91 Å². The van der Waals surface area contributed by atoms with Crippen molar-refractivity contribution in [2.45, 2.75) is 38.3 Å². The van der Waals surface area contributed by atoms with E-state index in [2.05, 4.69) is 34.1 Å². The van der Waals surface area contributed by atoms with Gasteiger partial charge in [-0.05, 0) is 48.9 Å². The fourth-order valence-corrected chi connectivity index (χ4v) is 4.75. The highest BCUT2D eigenvalue weighted by Crippen LogP contribution is 2.26. The third kappa shape index (κ3) is 5.43. The summed E-state index contributed by atoms with van der Waals surface area (Å²) in [6.07, 6.45) is 3.81. The summed E-state index contributed by atoms with van der Waals surface area (Å²) in [5.41, 5.74) is 3.51. The van der Waals surface area contributed by atoms with E-state index in [4.69, 9.17) is 14.2 Å². The first kappa shape index (κ1) is 22.6. The number of hydrogen-bond acceptors (Lipinski definition) is 5. The third-order valence-corrected chi connectivity index (χ3v) is 6.57. The summed E-state index contributed by atoms with van der Waals surface area (Å²) in [7, 11) is 3.21. The van der Waals surface area contributed by atoms with Gasteiger partial charge in [-0.3, -0.25) is 9.69 Å². The van der Waals surface area contributed by atoms with E-state index in [9.17, 15) is 4.79 Å². The number of rotatable bonds is 8. The maximum absolute atomic E-state index is 13.6. The molecule has 0 atom stereocenters. The van der Waals surface area contributed by atoms with Gasteiger partial charge in [0.25, 0.3) is 5.91 Å². The number of hydrogen-bond donors (Lipinski definition) is 0. The summed E-state index contributed by atoms with van der Waals surface area (Å²) >= 11 is 0. The first-order valence-electron chi connectivity index (χ1n) is 11.6. The highest BCUT2D eigenvalue weighted by Gasteiger charge is 2.27. The Bertz CT molecular complexity index is 888. The SMILES string of the molecule is COc1cc(OC)cc(C(=O)N(CCCN2CCc3ccccc3C2)C2CCOCC2)c1. The number of ether oxygens (including phenoxy) is 3. The van der Waals surface area contributed by atoms with Crippen LogP contribution < -0.4 is 9.47 Å². The number of carbonyl (C=O) groups is 1. The van der Waals surface area contributed by atoms with E-state index in [0.29, 0.717) is 30.3 Å². The molecule has 32 heavy (non-hydrogen) atoms. The number of fused-ring (bicyclic) bond motifs is 1. The van der Waals surface area contributed by atoms with Crippen molar-refractivity contribution in [3.8, 4) is 11.5 Å². The Morgan fingerprint density at radius 1 is 1.06 bits per heavy atom. The van der Waals surface area contributed by atoms with Crippen LogP contribution in [0.3, 0.4) is 0 Å². The number of carbonyl (C=O) groups excluding carboxylic acids is 1. The molecule has 0 spiro atoms. The Kier molecular flexibility index (Phi) is 7.66. The molecule has 1 amide bonds. The van der Waals surface area contributed by atoms with E-state index in [-0.39, 0.29) is 11.9 Å². The van der Waals surface area contributed by atoms with Crippen molar-refractivity contribution in [1.82, 2.24) is 9.80 Å². The Labute approximate surface area is 191 Å². The molecule has 6 nitrogen and oxygen atoms in total. The van der Waals surface area contributed by atoms with Crippen LogP contribution in [0, 0.1) is 0 Å². The van der Waals surface area contributed by atoms with Crippen LogP contribution in [-0.2, 0) is 17.7 Å². The van der Waals surface area contributed by atoms with Crippen LogP contribution in [0.4, 0.5) is 0 Å². The van der Waals surface area contributed by atoms with Crippen molar-refractivity contribution in [2.75, 3.05) is 47.1 Å². The van der Waals surface area contributed by atoms with Gasteiger partial charge >= 0.3 is 0 Å². The summed E-state index contributed by atoms with van der Waals surface area (Å²) in [5.74, 6) is 1.30. The number of amides is 1. The molecule has 172 valence electrons. The second-order valence-corrected chi connectivity index (χ2v) is 8.59. The molecule has 1 fully saturated rings. The average Bonchev–Trinajstić information content (AvgIpc) is 2.86. The summed E-state index contributed by atoms with van der Waals surface area (Å²) in [6.45, 7) is 5.21. The Morgan fingerprint density at radius 3 is 2.44 bits per heavy atom. The molecular weight excluding hydrogens is 404 g/mol. The van der Waals surface area contributed by atoms with E-state index >= 15 is 0 Å². The van der Waals surface area contributed by atoms with Crippen LogP contribution in [0.1, 0.15) is 40.7 Å². The van der Waals surface area contributed by atoms with Crippen molar-refractivity contribution in [3.05, 3.63) is 59.2 Å². The normalized spacial score (nSPS) is 16.9. The van der Waals surface area contributed by atoms with Gasteiger partial charge in [0.1, 0.15) is 11.5 Å². The molecule has 1 saturated heterocycles. The average molecular weight is 439 g/mol. The highest BCUT2D eigenvalue weighted by molar-refractivity contribution is 5.95. The zero-order valence-corrected chi connectivity index (χ0v) is 19.2. The van der Waals surface area contributed by atoms with Gasteiger partial charge in [-0.25, -0.2) is 0 Å². The van der Waals surface area contributed by atoms with Gasteiger partial charge in [-0.15, -0.1) is 0 Å². The third-order valence-electron chi connectivity index (χ3n) is 6.57. The Balaban J connectivity index is 1.43. The summed E-state index contributed by atoms with van der Waals surface area (Å²) < 4.78 is 16.3. The van der Waals surface area contributed by atoms with E-state index in [1.165, 1.54) is 11.1 Å². The van der Waals surface area contributed by atoms with Crippen molar-refractivity contribution in [2.24, 2.45) is 0 Å². The first-order valence-corrected chi connectivity index (χ1v) is 11.6. The molecule has 0 bridgehead atoms. The monoisotopic (exact) mass is 438 g/mol. The molecule has 2 aromatic carbocycles. The number of methoxy groups -OCH3 is 2. The largest absolute Gasteiger partial charge is 0.497 e. The minimum Gasteiger partial charge on any atom is -0.497 e. The van der Waals surface area contributed by atoms with E-state index in [0.717, 1.165) is 51.9 Å². The fraction of sp³-hybridized carbons (Fsp3) is 0.500. The predicted octanol–water partition coefficient (Wildman–Crippen LogP) is 3.77. The van der Waals surface area contributed by atoms with E-state index in [1.807, 2.05) is 0 Å². The molecule has 4 rings (SSSR count). The van der Waals surface area contributed by atoms with Crippen LogP contribution in [0.15, 0.2) is 42.5 Å². The first-order chi connectivity index (χ1) is 15.7. The van der Waals surface area contributed by atoms with Crippen molar-refractivity contribution in [1.29, 1.82) is 0 Å². The Hall–Kier alpha value is -2.57. The fourth-order valence-electron chi connectivity index (χ4n) is 4.75. The zero-order chi connectivity index (χ0) is 22.3. The summed E-state index contributed by atoms with van der Waals surface area (Å²) in [6, 6.07) is 14.3. The molecule has 2 heterocycles. The molecule has 0 N–H and O–H groups in total. The molecule has 0 aliphatic carbocycles. The molecule has 0 saturated carbocycles. The molecule has 0 unspecified atom stereocenters. The molecule has 0 aromatic heterocycles. The van der Waals surface area contributed by atoms with Crippen LogP contribution in [0.5, 0.6) is 11.5 Å². The number of benzene rings is 2. The summed E-state index contributed by atoms with van der Waals surface area (Å²) in [5, 5.41) is 0. The molecular formula is C26H34N2O4. The van der Waals surface area contributed by atoms with Gasteiger partial charge in [0, 0.05) is 57.1 Å². The molecule has 2 aromatic rings. The standard InChI is InChI=1S/C26H34N2O4/c1-30-24-16-22(17-25(18-24)31-2)26(29)28(23-9-14-32-15-10-23)12-5-11-27-13-8-20-6-3-4-7-21(20)19-27/h3-4,6-7,16-18,23H,5,8-15,19H2,1-2H3. The predicted molar refractivity (Wildman–Crippen MR) is 124 cm³/mol. The van der Waals surface area contributed by atoms with Gasteiger partial charge < -0.3 is 19.1 Å². The van der Waals surface area contributed by atoms with E-state index < -0.39 is 0 Å². The maximum Gasteiger partial charge on any atom is 0.254 e. The van der Waals surface area contributed by atoms with Crippen molar-refractivity contribution < 1.29 is 19.0 Å². The minimum absolute atomic E-state index is 0.0399. The Morgan fingerprint density at radius 2 is 1.75 bits per heavy atom. The lowest BCUT2D eigenvalue weighted by Crippen LogP contribution is -2.45. The second-order valence-electron chi connectivity index (χ2n) is 8.59. The minimum atomic E-state index is 0.0399. The highest BCUT2D eigenvalue weighted by atomic mass is 16.5. The lowest BCUT2D eigenvalue weighted by molar-refractivity contribution is 0.0278. The number of nitrogens with zero attached hydrogens (tertiary/aromatic N) is 2. The van der Waals surface area contributed by atoms with Gasteiger partial charge in [-0.2, -0.15) is 0 Å². The van der Waals surface area contributed by atoms with Crippen LogP contribution in [-0.4, -0.2) is 68.8 Å². The van der Waals surface area contributed by atoms with Crippen LogP contribution >= 0.6 is 0 Å². The lowest BCUT2D eigenvalue weighted by atomic mass is 10.00. The topological polar surface area (TPSA) is 51.2 Å². The smallest absolute Gasteiger partial charge is 0.254 e. The van der Waals surface area contributed by atoms with Gasteiger partial charge in [-0.1, -0.05) is 24.3 Å². The van der Waals surface area contributed by atoms with Gasteiger partial charge in [0.2, 0.25) is 0 Å². The molecule has 6 heteroatoms. The molecule has 2 aliphatic heterocycles. The maximum atomic E-state index is 13.6. The lowest BCUT2D eigenvalue weighted by Gasteiger charge is -2.35.